The summed E-state index contributed by atoms with van der Waals surface area (Å²) < 4.78 is 10.6. The van der Waals surface area contributed by atoms with Crippen LogP contribution in [0.4, 0.5) is 0 Å². The molecule has 0 aromatic rings. The van der Waals surface area contributed by atoms with Crippen molar-refractivity contribution in [3.8, 4) is 0 Å². The molecule has 0 aliphatic rings. The molecule has 0 spiro atoms. The summed E-state index contributed by atoms with van der Waals surface area (Å²) in [5.41, 5.74) is 0. The molecular weight excluding hydrogens is 135 g/mol. The molecule has 0 aliphatic heterocycles. The van der Waals surface area contributed by atoms with Crippen LogP contribution in [0.5, 0.6) is 0 Å². The molecule has 0 saturated carbocycles. The molecule has 0 fully saturated rings. The first-order valence-electron chi connectivity index (χ1n) is 2.00. The Kier molecular flexibility index (Phi) is 5.47. The van der Waals surface area contributed by atoms with Crippen molar-refractivity contribution in [1.82, 2.24) is 0 Å². The van der Waals surface area contributed by atoms with Crippen molar-refractivity contribution in [3.63, 3.8) is 0 Å². The normalized spacial score (nSPS) is 11.9. The van der Waals surface area contributed by atoms with Gasteiger partial charge in [0.05, 0.1) is 0 Å². The predicted octanol–water partition coefficient (Wildman–Crippen LogP) is -0.839. The summed E-state index contributed by atoms with van der Waals surface area (Å²) in [6.45, 7) is 1.35. The molecule has 0 rings (SSSR count). The van der Waals surface area contributed by atoms with Crippen LogP contribution in [0.15, 0.2) is 0 Å². The van der Waals surface area contributed by atoms with Crippen molar-refractivity contribution in [2.45, 2.75) is 6.92 Å². The van der Waals surface area contributed by atoms with Gasteiger partial charge in [0.15, 0.2) is 5.12 Å². The van der Waals surface area contributed by atoms with Crippen molar-refractivity contribution in [2.75, 3.05) is 12.5 Å². The Morgan fingerprint density at radius 2 is 1.50 bits per heavy atom. The number of carbonyl (C=O) groups is 1. The van der Waals surface area contributed by atoms with Gasteiger partial charge in [-0.3, -0.25) is 9.00 Å². The summed E-state index contributed by atoms with van der Waals surface area (Å²) >= 11 is 0. The van der Waals surface area contributed by atoms with Crippen LogP contribution in [0.1, 0.15) is 6.92 Å². The third-order valence-corrected chi connectivity index (χ3v) is 2.28. The molecule has 4 heteroatoms. The van der Waals surface area contributed by atoms with Crippen molar-refractivity contribution < 1.29 is 9.00 Å². The van der Waals surface area contributed by atoms with Gasteiger partial charge >= 0.3 is 29.6 Å². The average Bonchev–Trinajstić information content (AvgIpc) is 1.31. The van der Waals surface area contributed by atoms with Gasteiger partial charge in [0.1, 0.15) is 0 Å². The molecule has 0 bridgehead atoms. The molecule has 8 heavy (non-hydrogen) atoms. The van der Waals surface area contributed by atoms with E-state index in [1.54, 1.807) is 0 Å². The van der Waals surface area contributed by atoms with Crippen LogP contribution in [0.25, 0.3) is 0 Å². The Morgan fingerprint density at radius 1 is 1.38 bits per heavy atom. The summed E-state index contributed by atoms with van der Waals surface area (Å²) in [5.74, 6) is 0. The number of carbonyl (C=O) groups excluding carboxylic acids is 1. The minimum absolute atomic E-state index is 0. The summed E-state index contributed by atoms with van der Waals surface area (Å²) in [6.07, 6.45) is 2.94. The number of rotatable bonds is 0. The molecule has 0 atom stereocenters. The van der Waals surface area contributed by atoms with E-state index in [2.05, 4.69) is 0 Å². The second kappa shape index (κ2) is 3.77. The molecule has 0 aromatic carbocycles. The standard InChI is InChI=1S/C4H10O2S.Na.H/c1-4(5)7(2,3)6;;/h7H,1-3H3;;. The molecule has 0 aromatic heterocycles. The monoisotopic (exact) mass is 146 g/mol. The SMILES string of the molecule is CC(=O)[SH](C)(C)=O.[NaH]. The quantitative estimate of drug-likeness (QED) is 0.357. The Hall–Kier alpha value is 0.820. The van der Waals surface area contributed by atoms with E-state index in [9.17, 15) is 9.00 Å². The summed E-state index contributed by atoms with van der Waals surface area (Å²) in [7, 11) is -2.38. The molecule has 0 radical (unpaired) electrons. The van der Waals surface area contributed by atoms with E-state index in [0.717, 1.165) is 0 Å². The van der Waals surface area contributed by atoms with Crippen LogP contribution in [-0.2, 0) is 14.7 Å². The first kappa shape index (κ1) is 11.6. The summed E-state index contributed by atoms with van der Waals surface area (Å²) in [5, 5.41) is -0.201. The Bertz CT molecular complexity index is 126. The molecule has 0 aliphatic carbocycles. The van der Waals surface area contributed by atoms with Crippen molar-refractivity contribution >= 4 is 44.6 Å². The molecule has 0 amide bonds. The fourth-order valence-electron chi connectivity index (χ4n) is 0. The van der Waals surface area contributed by atoms with Gasteiger partial charge in [-0.1, -0.05) is 9.93 Å². The van der Waals surface area contributed by atoms with E-state index in [-0.39, 0.29) is 34.7 Å². The van der Waals surface area contributed by atoms with Crippen LogP contribution in [0, 0.1) is 0 Å². The summed E-state index contributed by atoms with van der Waals surface area (Å²) in [4.78, 5) is 10.2. The fourth-order valence-corrected chi connectivity index (χ4v) is 0. The van der Waals surface area contributed by atoms with E-state index in [0.29, 0.717) is 0 Å². The zero-order chi connectivity index (χ0) is 6.08. The fraction of sp³-hybridized carbons (Fsp3) is 0.750. The van der Waals surface area contributed by atoms with Gasteiger partial charge in [0.2, 0.25) is 0 Å². The van der Waals surface area contributed by atoms with E-state index < -0.39 is 9.93 Å². The van der Waals surface area contributed by atoms with Crippen molar-refractivity contribution in [2.24, 2.45) is 0 Å². The van der Waals surface area contributed by atoms with E-state index in [1.165, 1.54) is 19.4 Å². The van der Waals surface area contributed by atoms with E-state index >= 15 is 0 Å². The maximum atomic E-state index is 10.6. The Labute approximate surface area is 72.8 Å². The maximum absolute atomic E-state index is 10.6. The van der Waals surface area contributed by atoms with Gasteiger partial charge in [0.25, 0.3) is 0 Å². The Balaban J connectivity index is 0. The topological polar surface area (TPSA) is 34.1 Å². The number of hydrogen-bond acceptors (Lipinski definition) is 2. The third-order valence-electron chi connectivity index (χ3n) is 0.758. The van der Waals surface area contributed by atoms with Crippen LogP contribution in [0.3, 0.4) is 0 Å². The molecule has 0 unspecified atom stereocenters. The van der Waals surface area contributed by atoms with Gasteiger partial charge in [0, 0.05) is 6.92 Å². The minimum atomic E-state index is -2.38. The van der Waals surface area contributed by atoms with Gasteiger partial charge in [-0.15, -0.1) is 0 Å². The molecule has 0 saturated heterocycles. The molecule has 0 heterocycles. The van der Waals surface area contributed by atoms with Crippen LogP contribution < -0.4 is 0 Å². The van der Waals surface area contributed by atoms with Gasteiger partial charge in [-0.25, -0.2) is 0 Å². The van der Waals surface area contributed by atoms with Crippen LogP contribution in [-0.4, -0.2) is 51.4 Å². The van der Waals surface area contributed by atoms with Gasteiger partial charge < -0.3 is 0 Å². The van der Waals surface area contributed by atoms with E-state index in [1.807, 2.05) is 0 Å². The number of hydrogen-bond donors (Lipinski definition) is 1. The third kappa shape index (κ3) is 4.97. The van der Waals surface area contributed by atoms with Gasteiger partial charge in [-0.05, 0) is 12.5 Å². The number of thiol groups is 1. The zero-order valence-electron chi connectivity index (χ0n) is 4.76. The molecular formula is C4H11NaO2S. The Morgan fingerprint density at radius 3 is 1.50 bits per heavy atom. The second-order valence-electron chi connectivity index (χ2n) is 1.87. The van der Waals surface area contributed by atoms with Crippen molar-refractivity contribution in [3.05, 3.63) is 0 Å². The van der Waals surface area contributed by atoms with Crippen molar-refractivity contribution in [1.29, 1.82) is 0 Å². The first-order chi connectivity index (χ1) is 2.94. The molecule has 0 N–H and O–H groups in total. The summed E-state index contributed by atoms with van der Waals surface area (Å²) in [6, 6.07) is 0. The first-order valence-corrected chi connectivity index (χ1v) is 4.61. The molecule has 46 valence electrons. The van der Waals surface area contributed by atoms with Crippen LogP contribution >= 0.6 is 0 Å². The van der Waals surface area contributed by atoms with Gasteiger partial charge in [-0.2, -0.15) is 0 Å². The average molecular weight is 146 g/mol. The zero-order valence-corrected chi connectivity index (χ0v) is 5.66. The molecule has 2 nitrogen and oxygen atoms in total. The van der Waals surface area contributed by atoms with Crippen LogP contribution in [0.2, 0.25) is 0 Å². The van der Waals surface area contributed by atoms with E-state index in [4.69, 9.17) is 0 Å². The second-order valence-corrected chi connectivity index (χ2v) is 5.20. The predicted molar refractivity (Wildman–Crippen MR) is 39.2 cm³/mol.